The quantitative estimate of drug-likeness (QED) is 0.142. The molecule has 0 unspecified atom stereocenters. The van der Waals surface area contributed by atoms with Crippen LogP contribution in [0.25, 0.3) is 22.3 Å². The Morgan fingerprint density at radius 2 is 1.22 bits per heavy atom. The number of benzene rings is 3. The number of allylic oxidation sites excluding steroid dienone is 1. The molecule has 0 aliphatic rings. The number of ether oxygens (including phenoxy) is 3. The van der Waals surface area contributed by atoms with Crippen LogP contribution in [0.5, 0.6) is 11.5 Å². The Hall–Kier alpha value is -4.71. The Kier molecular flexibility index (Phi) is 8.95. The number of carbonyl (C=O) groups is 3. The number of hydrogen-bond acceptors (Lipinski definition) is 6. The van der Waals surface area contributed by atoms with Gasteiger partial charge >= 0.3 is 17.9 Å². The molecule has 0 saturated carbocycles. The van der Waals surface area contributed by atoms with Gasteiger partial charge in [0.1, 0.15) is 18.1 Å². The monoisotopic (exact) mass is 496 g/mol. The van der Waals surface area contributed by atoms with Crippen LogP contribution in [0.3, 0.4) is 0 Å². The van der Waals surface area contributed by atoms with Gasteiger partial charge in [-0.3, -0.25) is 0 Å². The second-order valence-electron chi connectivity index (χ2n) is 8.32. The van der Waals surface area contributed by atoms with Gasteiger partial charge in [-0.15, -0.1) is 0 Å². The van der Waals surface area contributed by atoms with E-state index in [9.17, 15) is 14.4 Å². The summed E-state index contributed by atoms with van der Waals surface area (Å²) in [6.45, 7) is 12.3. The SMILES string of the molecule is C=C(C)C(=O)Oc1ccc(-c2ccc(-c3ccc(OC(=O)C(=C)C)cc3)c(C(=O)OC/C=C/C)c2)cc1. The summed E-state index contributed by atoms with van der Waals surface area (Å²) in [5.41, 5.74) is 4.01. The first-order valence-corrected chi connectivity index (χ1v) is 11.6. The van der Waals surface area contributed by atoms with Gasteiger partial charge in [0, 0.05) is 11.1 Å². The van der Waals surface area contributed by atoms with Crippen LogP contribution < -0.4 is 9.47 Å². The van der Waals surface area contributed by atoms with Gasteiger partial charge in [0.15, 0.2) is 0 Å². The number of hydrogen-bond donors (Lipinski definition) is 0. The lowest BCUT2D eigenvalue weighted by Gasteiger charge is -2.13. The van der Waals surface area contributed by atoms with Crippen LogP contribution in [0.2, 0.25) is 0 Å². The maximum Gasteiger partial charge on any atom is 0.339 e. The van der Waals surface area contributed by atoms with Gasteiger partial charge in [-0.2, -0.15) is 0 Å². The van der Waals surface area contributed by atoms with Crippen molar-refractivity contribution in [3.05, 3.63) is 109 Å². The fraction of sp³-hybridized carbons (Fsp3) is 0.129. The average molecular weight is 497 g/mol. The number of esters is 3. The highest BCUT2D eigenvalue weighted by molar-refractivity contribution is 5.99. The van der Waals surface area contributed by atoms with Crippen molar-refractivity contribution < 1.29 is 28.6 Å². The molecule has 188 valence electrons. The summed E-state index contributed by atoms with van der Waals surface area (Å²) in [7, 11) is 0. The third kappa shape index (κ3) is 7.15. The molecular weight excluding hydrogens is 468 g/mol. The largest absolute Gasteiger partial charge is 0.458 e. The van der Waals surface area contributed by atoms with Gasteiger partial charge in [-0.1, -0.05) is 61.7 Å². The van der Waals surface area contributed by atoms with Gasteiger partial charge in [-0.25, -0.2) is 14.4 Å². The second kappa shape index (κ2) is 12.3. The molecule has 0 aliphatic heterocycles. The third-order valence-corrected chi connectivity index (χ3v) is 5.26. The molecule has 0 bridgehead atoms. The van der Waals surface area contributed by atoms with Gasteiger partial charge in [0.05, 0.1) is 5.56 Å². The molecule has 37 heavy (non-hydrogen) atoms. The molecule has 0 amide bonds. The van der Waals surface area contributed by atoms with E-state index < -0.39 is 17.9 Å². The standard InChI is InChI=1S/C31H28O6/c1-6-7-18-35-31(34)28-19-24(22-8-13-25(14-9-22)36-29(32)20(2)3)12-17-27(28)23-10-15-26(16-11-23)37-30(33)21(4)5/h6-17,19H,2,4,18H2,1,3,5H3/b7-6+. The molecule has 3 rings (SSSR count). The fourth-order valence-corrected chi connectivity index (χ4v) is 3.25. The topological polar surface area (TPSA) is 78.9 Å². The fourth-order valence-electron chi connectivity index (χ4n) is 3.25. The van der Waals surface area contributed by atoms with Crippen molar-refractivity contribution in [3.63, 3.8) is 0 Å². The Morgan fingerprint density at radius 1 is 0.730 bits per heavy atom. The molecule has 0 radical (unpaired) electrons. The summed E-state index contributed by atoms with van der Waals surface area (Å²) in [5.74, 6) is -0.709. The first-order chi connectivity index (χ1) is 17.7. The third-order valence-electron chi connectivity index (χ3n) is 5.26. The molecule has 0 aliphatic carbocycles. The minimum atomic E-state index is -0.509. The Balaban J connectivity index is 1.94. The average Bonchev–Trinajstić information content (AvgIpc) is 2.89. The lowest BCUT2D eigenvalue weighted by Crippen LogP contribution is -2.08. The zero-order chi connectivity index (χ0) is 26.9. The minimum Gasteiger partial charge on any atom is -0.458 e. The predicted molar refractivity (Wildman–Crippen MR) is 143 cm³/mol. The van der Waals surface area contributed by atoms with E-state index in [0.717, 1.165) is 16.7 Å². The van der Waals surface area contributed by atoms with Crippen molar-refractivity contribution in [1.29, 1.82) is 0 Å². The summed E-state index contributed by atoms with van der Waals surface area (Å²) in [6, 6.07) is 19.3. The molecular formula is C31H28O6. The summed E-state index contributed by atoms with van der Waals surface area (Å²) in [6.07, 6.45) is 3.55. The van der Waals surface area contributed by atoms with E-state index in [-0.39, 0.29) is 6.61 Å². The van der Waals surface area contributed by atoms with E-state index in [1.807, 2.05) is 19.1 Å². The van der Waals surface area contributed by atoms with E-state index in [2.05, 4.69) is 13.2 Å². The maximum absolute atomic E-state index is 13.0. The van der Waals surface area contributed by atoms with Gasteiger partial charge in [-0.05, 0) is 73.4 Å². The molecule has 0 N–H and O–H groups in total. The Bertz CT molecular complexity index is 1360. The van der Waals surface area contributed by atoms with Crippen LogP contribution in [0.1, 0.15) is 31.1 Å². The van der Waals surface area contributed by atoms with Crippen molar-refractivity contribution in [2.24, 2.45) is 0 Å². The van der Waals surface area contributed by atoms with Crippen molar-refractivity contribution >= 4 is 17.9 Å². The van der Waals surface area contributed by atoms with Crippen molar-refractivity contribution in [1.82, 2.24) is 0 Å². The molecule has 0 fully saturated rings. The number of rotatable bonds is 9. The highest BCUT2D eigenvalue weighted by atomic mass is 16.5. The zero-order valence-corrected chi connectivity index (χ0v) is 21.1. The summed E-state index contributed by atoms with van der Waals surface area (Å²) >= 11 is 0. The Morgan fingerprint density at radius 3 is 1.70 bits per heavy atom. The van der Waals surface area contributed by atoms with E-state index in [0.29, 0.717) is 33.8 Å². The van der Waals surface area contributed by atoms with Crippen LogP contribution in [0.4, 0.5) is 0 Å². The molecule has 3 aromatic carbocycles. The molecule has 0 saturated heterocycles. The molecule has 0 heterocycles. The normalized spacial score (nSPS) is 10.6. The summed E-state index contributed by atoms with van der Waals surface area (Å²) < 4.78 is 16.0. The van der Waals surface area contributed by atoms with Gasteiger partial charge < -0.3 is 14.2 Å². The van der Waals surface area contributed by atoms with Crippen LogP contribution in [0, 0.1) is 0 Å². The summed E-state index contributed by atoms with van der Waals surface area (Å²) in [5, 5.41) is 0. The lowest BCUT2D eigenvalue weighted by molar-refractivity contribution is -0.130. The lowest BCUT2D eigenvalue weighted by atomic mass is 9.95. The van der Waals surface area contributed by atoms with E-state index in [4.69, 9.17) is 14.2 Å². The molecule has 0 aromatic heterocycles. The highest BCUT2D eigenvalue weighted by Gasteiger charge is 2.17. The van der Waals surface area contributed by atoms with Crippen molar-refractivity contribution in [2.45, 2.75) is 20.8 Å². The molecule has 0 atom stereocenters. The molecule has 6 heteroatoms. The van der Waals surface area contributed by atoms with Crippen molar-refractivity contribution in [2.75, 3.05) is 6.61 Å². The first kappa shape index (κ1) is 26.9. The van der Waals surface area contributed by atoms with E-state index in [1.54, 1.807) is 80.6 Å². The molecule has 3 aromatic rings. The minimum absolute atomic E-state index is 0.150. The Labute approximate surface area is 216 Å². The summed E-state index contributed by atoms with van der Waals surface area (Å²) in [4.78, 5) is 36.6. The van der Waals surface area contributed by atoms with Crippen LogP contribution in [-0.2, 0) is 14.3 Å². The van der Waals surface area contributed by atoms with Gasteiger partial charge in [0.2, 0.25) is 0 Å². The van der Waals surface area contributed by atoms with Crippen LogP contribution in [0.15, 0.2) is 103 Å². The molecule has 0 spiro atoms. The van der Waals surface area contributed by atoms with Crippen molar-refractivity contribution in [3.8, 4) is 33.8 Å². The van der Waals surface area contributed by atoms with Crippen LogP contribution in [-0.4, -0.2) is 24.5 Å². The first-order valence-electron chi connectivity index (χ1n) is 11.6. The predicted octanol–water partition coefficient (Wildman–Crippen LogP) is 6.72. The smallest absolute Gasteiger partial charge is 0.339 e. The van der Waals surface area contributed by atoms with Crippen LogP contribution >= 0.6 is 0 Å². The molecule has 6 nitrogen and oxygen atoms in total. The number of carbonyl (C=O) groups excluding carboxylic acids is 3. The highest BCUT2D eigenvalue weighted by Crippen LogP contribution is 2.31. The van der Waals surface area contributed by atoms with Gasteiger partial charge in [0.25, 0.3) is 0 Å². The van der Waals surface area contributed by atoms with E-state index in [1.165, 1.54) is 0 Å². The second-order valence-corrected chi connectivity index (χ2v) is 8.32. The van der Waals surface area contributed by atoms with E-state index >= 15 is 0 Å². The maximum atomic E-state index is 13.0. The zero-order valence-electron chi connectivity index (χ0n) is 21.1.